The summed E-state index contributed by atoms with van der Waals surface area (Å²) in [6, 6.07) is 8.51. The molecule has 4 N–H and O–H groups in total. The van der Waals surface area contributed by atoms with E-state index < -0.39 is 12.0 Å². The maximum atomic E-state index is 11.1. The number of carboxylic acid groups (broad SMARTS) is 1. The fourth-order valence-corrected chi connectivity index (χ4v) is 3.68. The highest BCUT2D eigenvalue weighted by Gasteiger charge is 2.19. The quantitative estimate of drug-likeness (QED) is 0.319. The van der Waals surface area contributed by atoms with Gasteiger partial charge in [0.15, 0.2) is 0 Å². The Kier molecular flexibility index (Phi) is 7.26. The molecule has 0 amide bonds. The number of carbonyl (C=O) groups is 1. The van der Waals surface area contributed by atoms with E-state index in [1.165, 1.54) is 6.92 Å². The first-order valence-electron chi connectivity index (χ1n) is 9.70. The van der Waals surface area contributed by atoms with E-state index in [1.807, 2.05) is 31.2 Å². The van der Waals surface area contributed by atoms with Gasteiger partial charge in [-0.1, -0.05) is 0 Å². The third kappa shape index (κ3) is 4.81. The zero-order valence-electron chi connectivity index (χ0n) is 18.4. The highest BCUT2D eigenvalue weighted by Crippen LogP contribution is 2.41. The summed E-state index contributed by atoms with van der Waals surface area (Å²) in [5.74, 6) is 1.56. The number of aryl methyl sites for hydroxylation is 1. The summed E-state index contributed by atoms with van der Waals surface area (Å²) in [4.78, 5) is 19.1. The largest absolute Gasteiger partial charge is 0.495 e. The first-order valence-corrected chi connectivity index (χ1v) is 10.5. The number of imidazole rings is 1. The maximum absolute atomic E-state index is 11.1. The summed E-state index contributed by atoms with van der Waals surface area (Å²) in [7, 11) is 4.73. The molecule has 32 heavy (non-hydrogen) atoms. The van der Waals surface area contributed by atoms with Crippen molar-refractivity contribution in [1.29, 1.82) is 0 Å². The minimum Gasteiger partial charge on any atom is -0.495 e. The van der Waals surface area contributed by atoms with Gasteiger partial charge in [-0.15, -0.1) is 0 Å². The zero-order valence-corrected chi connectivity index (χ0v) is 20.0. The summed E-state index contributed by atoms with van der Waals surface area (Å²) >= 11 is 3.49. The molecule has 10 heteroatoms. The Labute approximate surface area is 194 Å². The first-order chi connectivity index (χ1) is 15.3. The van der Waals surface area contributed by atoms with Crippen LogP contribution in [0.4, 0.5) is 5.69 Å². The van der Waals surface area contributed by atoms with Gasteiger partial charge >= 0.3 is 5.97 Å². The Morgan fingerprint density at radius 2 is 1.69 bits per heavy atom. The second-order valence-corrected chi connectivity index (χ2v) is 7.78. The highest BCUT2D eigenvalue weighted by atomic mass is 79.9. The molecule has 3 rings (SSSR count). The summed E-state index contributed by atoms with van der Waals surface area (Å²) in [6.45, 7) is 3.41. The van der Waals surface area contributed by atoms with Crippen molar-refractivity contribution in [2.75, 3.05) is 26.8 Å². The molecule has 1 heterocycles. The van der Waals surface area contributed by atoms with Gasteiger partial charge in [-0.2, -0.15) is 0 Å². The van der Waals surface area contributed by atoms with Crippen molar-refractivity contribution >= 4 is 27.6 Å². The third-order valence-electron chi connectivity index (χ3n) is 4.82. The van der Waals surface area contributed by atoms with Crippen LogP contribution >= 0.6 is 15.9 Å². The number of hydrogen-bond donors (Lipinski definition) is 4. The van der Waals surface area contributed by atoms with Crippen molar-refractivity contribution in [2.45, 2.75) is 19.9 Å². The third-order valence-corrected chi connectivity index (χ3v) is 5.60. The van der Waals surface area contributed by atoms with Crippen LogP contribution in [0.2, 0.25) is 0 Å². The molecule has 0 radical (unpaired) electrons. The van der Waals surface area contributed by atoms with Gasteiger partial charge in [-0.05, 0) is 60.1 Å². The van der Waals surface area contributed by atoms with E-state index in [-0.39, 0.29) is 0 Å². The predicted molar refractivity (Wildman–Crippen MR) is 125 cm³/mol. The fraction of sp³-hybridized carbons (Fsp3) is 0.273. The van der Waals surface area contributed by atoms with E-state index >= 15 is 0 Å². The molecule has 2 aromatic carbocycles. The van der Waals surface area contributed by atoms with Crippen molar-refractivity contribution in [2.24, 2.45) is 0 Å². The standard InChI is InChI=1S/C22H25BrN4O5/c1-11(22(28)29)26-27-15-8-13(6-7-16(15)30-3)20-21(25-12(2)24-20)14-9-17(31-4)19(23)18(10-14)32-5/h6-11,26-27H,1-5H3,(H,24,25)(H,28,29)/t11-/m0/s1. The zero-order chi connectivity index (χ0) is 23.4. The Morgan fingerprint density at radius 3 is 2.25 bits per heavy atom. The number of nitrogens with zero attached hydrogens (tertiary/aromatic N) is 1. The van der Waals surface area contributed by atoms with Crippen LogP contribution in [0, 0.1) is 6.92 Å². The van der Waals surface area contributed by atoms with Gasteiger partial charge in [0.05, 0.1) is 38.4 Å². The molecule has 0 spiro atoms. The number of aromatic amines is 1. The minimum atomic E-state index is -0.975. The first kappa shape index (κ1) is 23.4. The number of hydrazine groups is 1. The Hall–Kier alpha value is -3.24. The van der Waals surface area contributed by atoms with E-state index in [4.69, 9.17) is 19.3 Å². The van der Waals surface area contributed by atoms with Crippen LogP contribution in [-0.4, -0.2) is 48.4 Å². The lowest BCUT2D eigenvalue weighted by molar-refractivity contribution is -0.138. The second kappa shape index (κ2) is 9.92. The monoisotopic (exact) mass is 504 g/mol. The van der Waals surface area contributed by atoms with Crippen LogP contribution < -0.4 is 25.1 Å². The predicted octanol–water partition coefficient (Wildman–Crippen LogP) is 4.23. The number of halogens is 1. The summed E-state index contributed by atoms with van der Waals surface area (Å²) in [5, 5.41) is 9.12. The number of aliphatic carboxylic acids is 1. The number of nitrogens with one attached hydrogen (secondary N) is 3. The van der Waals surface area contributed by atoms with E-state index in [1.54, 1.807) is 27.4 Å². The molecule has 1 aromatic heterocycles. The molecular formula is C22H25BrN4O5. The molecular weight excluding hydrogens is 480 g/mol. The topological polar surface area (TPSA) is 118 Å². The van der Waals surface area contributed by atoms with E-state index in [0.717, 1.165) is 32.8 Å². The molecule has 0 bridgehead atoms. The van der Waals surface area contributed by atoms with Gasteiger partial charge < -0.3 is 29.7 Å². The molecule has 0 saturated carbocycles. The van der Waals surface area contributed by atoms with Crippen LogP contribution in [0.15, 0.2) is 34.8 Å². The molecule has 0 aliphatic carbocycles. The minimum absolute atomic E-state index is 0.559. The molecule has 0 aliphatic rings. The van der Waals surface area contributed by atoms with Crippen LogP contribution in [0.5, 0.6) is 17.2 Å². The SMILES string of the molecule is COc1ccc(-c2[nH]c(C)nc2-c2cc(OC)c(Br)c(OC)c2)cc1NN[C@@H](C)C(=O)O. The van der Waals surface area contributed by atoms with Crippen LogP contribution in [0.1, 0.15) is 12.7 Å². The molecule has 9 nitrogen and oxygen atoms in total. The smallest absolute Gasteiger partial charge is 0.322 e. The van der Waals surface area contributed by atoms with Crippen molar-refractivity contribution in [3.05, 3.63) is 40.6 Å². The number of carboxylic acids is 1. The average molecular weight is 505 g/mol. The van der Waals surface area contributed by atoms with Crippen LogP contribution in [0.25, 0.3) is 22.5 Å². The lowest BCUT2D eigenvalue weighted by atomic mass is 10.0. The van der Waals surface area contributed by atoms with Crippen molar-refractivity contribution in [3.8, 4) is 39.8 Å². The van der Waals surface area contributed by atoms with Gasteiger partial charge in [-0.3, -0.25) is 4.79 Å². The normalized spacial score (nSPS) is 11.7. The number of ether oxygens (including phenoxy) is 3. The number of methoxy groups -OCH3 is 3. The number of anilines is 1. The van der Waals surface area contributed by atoms with Crippen molar-refractivity contribution in [3.63, 3.8) is 0 Å². The summed E-state index contributed by atoms with van der Waals surface area (Å²) in [6.07, 6.45) is 0. The van der Waals surface area contributed by atoms with Gasteiger partial charge in [-0.25, -0.2) is 10.4 Å². The van der Waals surface area contributed by atoms with Crippen LogP contribution in [0.3, 0.4) is 0 Å². The molecule has 170 valence electrons. The van der Waals surface area contributed by atoms with Crippen LogP contribution in [-0.2, 0) is 4.79 Å². The van der Waals surface area contributed by atoms with Crippen molar-refractivity contribution in [1.82, 2.24) is 15.4 Å². The fourth-order valence-electron chi connectivity index (χ4n) is 3.12. The molecule has 0 aliphatic heterocycles. The molecule has 3 aromatic rings. The van der Waals surface area contributed by atoms with Gasteiger partial charge in [0, 0.05) is 11.1 Å². The van der Waals surface area contributed by atoms with Gasteiger partial charge in [0.1, 0.15) is 33.6 Å². The average Bonchev–Trinajstić information content (AvgIpc) is 3.18. The highest BCUT2D eigenvalue weighted by molar-refractivity contribution is 9.10. The Bertz CT molecular complexity index is 1110. The number of rotatable bonds is 9. The molecule has 1 atom stereocenters. The Morgan fingerprint density at radius 1 is 1.06 bits per heavy atom. The lowest BCUT2D eigenvalue weighted by Gasteiger charge is -2.16. The maximum Gasteiger partial charge on any atom is 0.322 e. The molecule has 0 saturated heterocycles. The van der Waals surface area contributed by atoms with Crippen molar-refractivity contribution < 1.29 is 24.1 Å². The summed E-state index contributed by atoms with van der Waals surface area (Å²) in [5.41, 5.74) is 9.40. The summed E-state index contributed by atoms with van der Waals surface area (Å²) < 4.78 is 17.1. The lowest BCUT2D eigenvalue weighted by Crippen LogP contribution is -2.37. The second-order valence-electron chi connectivity index (χ2n) is 6.98. The number of H-pyrrole nitrogens is 1. The van der Waals surface area contributed by atoms with Gasteiger partial charge in [0.25, 0.3) is 0 Å². The van der Waals surface area contributed by atoms with E-state index in [2.05, 4.69) is 36.7 Å². The number of benzene rings is 2. The van der Waals surface area contributed by atoms with E-state index in [9.17, 15) is 4.79 Å². The number of hydrogen-bond acceptors (Lipinski definition) is 7. The number of aromatic nitrogens is 2. The van der Waals surface area contributed by atoms with E-state index in [0.29, 0.717) is 22.9 Å². The molecule has 0 unspecified atom stereocenters. The van der Waals surface area contributed by atoms with Gasteiger partial charge in [0.2, 0.25) is 0 Å². The molecule has 0 fully saturated rings. The Balaban J connectivity index is 2.07.